The molecule has 0 fully saturated rings. The number of non-ortho nitro benzene ring substituents is 1. The fourth-order valence-corrected chi connectivity index (χ4v) is 2.38. The van der Waals surface area contributed by atoms with E-state index in [-0.39, 0.29) is 18.0 Å². The number of rotatable bonds is 6. The lowest BCUT2D eigenvalue weighted by Gasteiger charge is -2.09. The number of nitro groups is 1. The number of hydrogen-bond donors (Lipinski definition) is 1. The number of carbonyl (C=O) groups is 1. The number of nitrogens with zero attached hydrogens (tertiary/aromatic N) is 3. The fourth-order valence-electron chi connectivity index (χ4n) is 1.52. The molecule has 116 valence electrons. The van der Waals surface area contributed by atoms with Gasteiger partial charge in [-0.15, -0.1) is 6.07 Å². The number of benzene rings is 1. The van der Waals surface area contributed by atoms with Crippen LogP contribution in [0.5, 0.6) is 5.95 Å². The lowest BCUT2D eigenvalue weighted by Crippen LogP contribution is -2.32. The summed E-state index contributed by atoms with van der Waals surface area (Å²) in [6.07, 6.45) is 0.153. The first-order valence-corrected chi connectivity index (χ1v) is 7.07. The highest BCUT2D eigenvalue weighted by Crippen LogP contribution is 2.22. The van der Waals surface area contributed by atoms with E-state index >= 15 is 0 Å². The zero-order valence-corrected chi connectivity index (χ0v) is 12.3. The van der Waals surface area contributed by atoms with Crippen molar-refractivity contribution in [2.75, 3.05) is 11.1 Å². The van der Waals surface area contributed by atoms with Crippen LogP contribution in [0.2, 0.25) is 0 Å². The van der Waals surface area contributed by atoms with E-state index in [2.05, 4.69) is 21.2 Å². The number of anilines is 1. The van der Waals surface area contributed by atoms with Crippen molar-refractivity contribution < 1.29 is 24.0 Å². The van der Waals surface area contributed by atoms with E-state index in [9.17, 15) is 20.0 Å². The Hall–Kier alpha value is -2.62. The average molecular weight is 323 g/mol. The Bertz CT molecular complexity index is 666. The van der Waals surface area contributed by atoms with Gasteiger partial charge < -0.3 is 14.9 Å². The molecule has 1 N–H and O–H groups in total. The first-order valence-electron chi connectivity index (χ1n) is 6.09. The molecular formula is C12H11N4O5S-. The number of aryl methyl sites for hydroxylation is 1. The Morgan fingerprint density at radius 3 is 2.91 bits per heavy atom. The molecule has 0 radical (unpaired) electrons. The minimum Gasteiger partial charge on any atom is -0.538 e. The molecule has 0 saturated carbocycles. The lowest BCUT2D eigenvalue weighted by atomic mass is 10.3. The molecule has 2 rings (SSSR count). The van der Waals surface area contributed by atoms with Crippen molar-refractivity contribution in [1.82, 2.24) is 5.27 Å². The number of nitro benzene ring substituents is 1. The lowest BCUT2D eigenvalue weighted by molar-refractivity contribution is -0.772. The molecule has 0 aliphatic carbocycles. The number of nitrogens with one attached hydrogen (secondary N) is 1. The summed E-state index contributed by atoms with van der Waals surface area (Å²) in [5, 5.41) is 28.1. The van der Waals surface area contributed by atoms with E-state index in [0.29, 0.717) is 16.5 Å². The van der Waals surface area contributed by atoms with Crippen LogP contribution >= 0.6 is 11.8 Å². The summed E-state index contributed by atoms with van der Waals surface area (Å²) in [6, 6.07) is 6.48. The van der Waals surface area contributed by atoms with Gasteiger partial charge in [0, 0.05) is 17.1 Å². The smallest absolute Gasteiger partial charge is 0.290 e. The van der Waals surface area contributed by atoms with Crippen molar-refractivity contribution in [2.45, 2.75) is 11.4 Å². The Kier molecular flexibility index (Phi) is 4.94. The summed E-state index contributed by atoms with van der Waals surface area (Å²) in [5.41, 5.74) is 0.247. The van der Waals surface area contributed by atoms with Crippen LogP contribution in [0.15, 0.2) is 27.7 Å². The second-order valence-electron chi connectivity index (χ2n) is 4.15. The molecule has 9 nitrogen and oxygen atoms in total. The Balaban J connectivity index is 1.82. The minimum absolute atomic E-state index is 0.100. The van der Waals surface area contributed by atoms with Crippen molar-refractivity contribution >= 4 is 29.0 Å². The number of thioether (sulfide) groups is 1. The maximum absolute atomic E-state index is 11.7. The van der Waals surface area contributed by atoms with Gasteiger partial charge in [-0.05, 0) is 0 Å². The molecule has 0 spiro atoms. The van der Waals surface area contributed by atoms with E-state index in [1.54, 1.807) is 7.05 Å². The van der Waals surface area contributed by atoms with Crippen LogP contribution in [0.4, 0.5) is 11.4 Å². The molecule has 0 atom stereocenters. The first kappa shape index (κ1) is 15.8. The van der Waals surface area contributed by atoms with Gasteiger partial charge in [0.25, 0.3) is 5.03 Å². The average Bonchev–Trinajstić information content (AvgIpc) is 2.79. The fraction of sp³-hybridized carbons (Fsp3) is 0.250. The third-order valence-electron chi connectivity index (χ3n) is 2.56. The van der Waals surface area contributed by atoms with Crippen LogP contribution in [-0.4, -0.2) is 21.9 Å². The molecule has 1 aromatic carbocycles. The van der Waals surface area contributed by atoms with Crippen LogP contribution in [0.3, 0.4) is 0 Å². The molecule has 0 aliphatic heterocycles. The number of aromatic nitrogens is 2. The monoisotopic (exact) mass is 323 g/mol. The van der Waals surface area contributed by atoms with Gasteiger partial charge in [-0.3, -0.25) is 14.9 Å². The van der Waals surface area contributed by atoms with E-state index in [4.69, 9.17) is 0 Å². The van der Waals surface area contributed by atoms with Gasteiger partial charge in [0.2, 0.25) is 5.91 Å². The minimum atomic E-state index is -0.545. The predicted molar refractivity (Wildman–Crippen MR) is 73.0 cm³/mol. The van der Waals surface area contributed by atoms with Gasteiger partial charge in [-0.25, -0.2) is 0 Å². The van der Waals surface area contributed by atoms with Crippen molar-refractivity contribution in [3.63, 3.8) is 0 Å². The van der Waals surface area contributed by atoms with E-state index in [0.717, 1.165) is 11.8 Å². The summed E-state index contributed by atoms with van der Waals surface area (Å²) in [4.78, 5) is 21.7. The molecule has 0 unspecified atom stereocenters. The van der Waals surface area contributed by atoms with Gasteiger partial charge in [-0.1, -0.05) is 34.3 Å². The topological polar surface area (TPSA) is 125 Å². The number of hydrogen-bond acceptors (Lipinski definition) is 7. The molecule has 0 bridgehead atoms. The third-order valence-corrected chi connectivity index (χ3v) is 3.68. The molecule has 2 aromatic rings. The van der Waals surface area contributed by atoms with Crippen molar-refractivity contribution in [2.24, 2.45) is 7.05 Å². The van der Waals surface area contributed by atoms with E-state index < -0.39 is 10.9 Å². The Morgan fingerprint density at radius 1 is 1.59 bits per heavy atom. The Labute approximate surface area is 129 Å². The van der Waals surface area contributed by atoms with Gasteiger partial charge >= 0.3 is 0 Å². The van der Waals surface area contributed by atoms with Crippen LogP contribution in [0.25, 0.3) is 0 Å². The quantitative estimate of drug-likeness (QED) is 0.268. The van der Waals surface area contributed by atoms with Gasteiger partial charge in [0.15, 0.2) is 18.7 Å². The van der Waals surface area contributed by atoms with E-state index in [1.165, 1.54) is 22.9 Å². The van der Waals surface area contributed by atoms with Crippen LogP contribution in [-0.2, 0) is 11.8 Å². The van der Waals surface area contributed by atoms with Crippen molar-refractivity contribution in [1.29, 1.82) is 0 Å². The highest BCUT2D eigenvalue weighted by atomic mass is 32.2. The summed E-state index contributed by atoms with van der Waals surface area (Å²) < 4.78 is 5.76. The second-order valence-corrected chi connectivity index (χ2v) is 5.24. The van der Waals surface area contributed by atoms with Gasteiger partial charge in [0.05, 0.1) is 5.27 Å². The van der Waals surface area contributed by atoms with E-state index in [1.807, 2.05) is 0 Å². The third kappa shape index (κ3) is 3.95. The van der Waals surface area contributed by atoms with Crippen LogP contribution in [0, 0.1) is 16.2 Å². The molecule has 1 heterocycles. The maximum Gasteiger partial charge on any atom is 0.290 e. The zero-order valence-electron chi connectivity index (χ0n) is 11.4. The SMILES string of the molecule is C[n+]1noc([O-])c1SCCC(=O)Nc1[c-]cc([N+](=O)[O-])cc1. The van der Waals surface area contributed by atoms with Gasteiger partial charge in [0.1, 0.15) is 0 Å². The molecular weight excluding hydrogens is 312 g/mol. The molecule has 1 aromatic heterocycles. The standard InChI is InChI=1S/C12H12N4O5S/c1-15-11(12(18)21-14-15)22-7-6-10(17)13-8-2-4-9(5-3-8)16(19)20/h2,4-5,18H,6-7H2,1H3,(H,13,17)/p-1. The molecule has 0 saturated heterocycles. The predicted octanol–water partition coefficient (Wildman–Crippen LogP) is 0.402. The van der Waals surface area contributed by atoms with Gasteiger partial charge in [-0.2, -0.15) is 6.07 Å². The van der Waals surface area contributed by atoms with Crippen LogP contribution < -0.4 is 15.1 Å². The zero-order chi connectivity index (χ0) is 16.1. The van der Waals surface area contributed by atoms with Crippen molar-refractivity contribution in [3.8, 4) is 5.95 Å². The largest absolute Gasteiger partial charge is 0.538 e. The molecule has 10 heteroatoms. The summed E-state index contributed by atoms with van der Waals surface area (Å²) >= 11 is 1.16. The summed E-state index contributed by atoms with van der Waals surface area (Å²) in [7, 11) is 1.57. The van der Waals surface area contributed by atoms with Crippen LogP contribution in [0.1, 0.15) is 6.42 Å². The normalized spacial score (nSPS) is 10.4. The number of carbonyl (C=O) groups excluding carboxylic acids is 1. The molecule has 0 aliphatic rings. The summed E-state index contributed by atoms with van der Waals surface area (Å²) in [5.74, 6) is -0.468. The molecule has 22 heavy (non-hydrogen) atoms. The summed E-state index contributed by atoms with van der Waals surface area (Å²) in [6.45, 7) is 0. The highest BCUT2D eigenvalue weighted by Gasteiger charge is 2.14. The highest BCUT2D eigenvalue weighted by molar-refractivity contribution is 7.99. The maximum atomic E-state index is 11.7. The second kappa shape index (κ2) is 6.89. The number of amides is 1. The Morgan fingerprint density at radius 2 is 2.36 bits per heavy atom. The first-order chi connectivity index (χ1) is 10.5. The van der Waals surface area contributed by atoms with Crippen molar-refractivity contribution in [3.05, 3.63) is 34.4 Å². The molecule has 1 amide bonds.